The van der Waals surface area contributed by atoms with E-state index in [4.69, 9.17) is 28.1 Å². The van der Waals surface area contributed by atoms with Gasteiger partial charge in [0.05, 0.1) is 19.4 Å². The maximum absolute atomic E-state index is 12.6. The van der Waals surface area contributed by atoms with E-state index in [-0.39, 0.29) is 30.9 Å². The normalized spacial score (nSPS) is 29.5. The van der Waals surface area contributed by atoms with Gasteiger partial charge in [-0.15, -0.1) is 0 Å². The second-order valence-electron chi connectivity index (χ2n) is 10.6. The van der Waals surface area contributed by atoms with Crippen molar-refractivity contribution < 1.29 is 42.8 Å². The average Bonchev–Trinajstić information content (AvgIpc) is 3.53. The van der Waals surface area contributed by atoms with E-state index in [0.717, 1.165) is 31.5 Å². The molecule has 206 valence electrons. The number of piperidine rings is 1. The number of aliphatic hydroxyl groups is 1. The monoisotopic (exact) mass is 529 g/mol. The Balaban J connectivity index is 1.17. The van der Waals surface area contributed by atoms with Gasteiger partial charge in [0.1, 0.15) is 12.7 Å². The van der Waals surface area contributed by atoms with E-state index in [1.165, 1.54) is 12.3 Å². The van der Waals surface area contributed by atoms with Crippen LogP contribution in [0.15, 0.2) is 53.1 Å². The molecular formula is C28H35NO9. The Bertz CT molecular complexity index is 1080. The summed E-state index contributed by atoms with van der Waals surface area (Å²) in [5.74, 6) is -2.84. The molecular weight excluding hydrogens is 494 g/mol. The molecule has 5 rings (SSSR count). The third-order valence-electron chi connectivity index (χ3n) is 7.25. The zero-order valence-electron chi connectivity index (χ0n) is 21.7. The first-order valence-corrected chi connectivity index (χ1v) is 13.1. The first-order chi connectivity index (χ1) is 18.2. The summed E-state index contributed by atoms with van der Waals surface area (Å²) in [6, 6.07) is 12.7. The predicted molar refractivity (Wildman–Crippen MR) is 133 cm³/mol. The van der Waals surface area contributed by atoms with E-state index in [9.17, 15) is 14.7 Å². The van der Waals surface area contributed by atoms with Gasteiger partial charge in [0.2, 0.25) is 11.5 Å². The number of hydrogen-bond acceptors (Lipinski definition) is 10. The highest BCUT2D eigenvalue weighted by molar-refractivity contribution is 5.86. The van der Waals surface area contributed by atoms with Crippen molar-refractivity contribution in [1.82, 2.24) is 4.90 Å². The molecule has 0 unspecified atom stereocenters. The maximum atomic E-state index is 12.6. The van der Waals surface area contributed by atoms with Crippen LogP contribution < -0.4 is 0 Å². The van der Waals surface area contributed by atoms with E-state index in [1.807, 2.05) is 30.3 Å². The Kier molecular flexibility index (Phi) is 7.88. The summed E-state index contributed by atoms with van der Waals surface area (Å²) in [5.41, 5.74) is 0.969. The highest BCUT2D eigenvalue weighted by Crippen LogP contribution is 2.44. The number of ether oxygens (including phenoxy) is 5. The molecule has 3 saturated heterocycles. The van der Waals surface area contributed by atoms with Crippen LogP contribution in [0.2, 0.25) is 0 Å². The van der Waals surface area contributed by atoms with Gasteiger partial charge in [-0.1, -0.05) is 30.3 Å². The average molecular weight is 530 g/mol. The standard InChI is InChI=1S/C28H35NO9/c1-27(2)37-25-24(36-26(32)22-9-6-14-33-22)21(30)17-35-28(25,38-27)18-29-12-10-19(11-13-29)15-23(31)34-16-20-7-4-3-5-8-20/h3-9,14,19,21,24-25,30H,10-13,15-18H2,1-2H3/t21-,24-,25+,28+/m1/s1. The SMILES string of the molecule is CC1(C)O[C@H]2[C@H](OC(=O)c3ccco3)[C@H](O)CO[C@@]2(CN2CCC(CC(=O)OCc3ccccc3)CC2)O1. The molecule has 1 aromatic heterocycles. The molecule has 0 aliphatic carbocycles. The first-order valence-electron chi connectivity index (χ1n) is 13.1. The predicted octanol–water partition coefficient (Wildman–Crippen LogP) is 2.89. The Morgan fingerprint density at radius 2 is 1.87 bits per heavy atom. The summed E-state index contributed by atoms with van der Waals surface area (Å²) < 4.78 is 34.7. The smallest absolute Gasteiger partial charge is 0.374 e. The zero-order chi connectivity index (χ0) is 26.8. The highest BCUT2D eigenvalue weighted by atomic mass is 16.8. The molecule has 4 heterocycles. The van der Waals surface area contributed by atoms with Crippen molar-refractivity contribution in [1.29, 1.82) is 0 Å². The number of benzene rings is 1. The quantitative estimate of drug-likeness (QED) is 0.512. The molecule has 0 radical (unpaired) electrons. The molecule has 38 heavy (non-hydrogen) atoms. The molecule has 0 spiro atoms. The van der Waals surface area contributed by atoms with E-state index in [2.05, 4.69) is 4.90 Å². The van der Waals surface area contributed by atoms with Crippen molar-refractivity contribution in [2.75, 3.05) is 26.2 Å². The number of furan rings is 1. The van der Waals surface area contributed by atoms with Crippen molar-refractivity contribution in [2.24, 2.45) is 5.92 Å². The molecule has 4 atom stereocenters. The van der Waals surface area contributed by atoms with Crippen molar-refractivity contribution in [3.63, 3.8) is 0 Å². The first kappa shape index (κ1) is 26.8. The fourth-order valence-corrected chi connectivity index (χ4v) is 5.42. The summed E-state index contributed by atoms with van der Waals surface area (Å²) >= 11 is 0. The van der Waals surface area contributed by atoms with Crippen LogP contribution in [0.25, 0.3) is 0 Å². The number of likely N-dealkylation sites (tertiary alicyclic amines) is 1. The molecule has 3 aliphatic rings. The van der Waals surface area contributed by atoms with Gasteiger partial charge < -0.3 is 33.2 Å². The number of hydrogen-bond donors (Lipinski definition) is 1. The maximum Gasteiger partial charge on any atom is 0.374 e. The Hall–Kier alpha value is -2.76. The lowest BCUT2D eigenvalue weighted by molar-refractivity contribution is -0.297. The van der Waals surface area contributed by atoms with Gasteiger partial charge in [0.25, 0.3) is 0 Å². The van der Waals surface area contributed by atoms with Crippen molar-refractivity contribution in [2.45, 2.75) is 69.6 Å². The summed E-state index contributed by atoms with van der Waals surface area (Å²) in [4.78, 5) is 27.2. The molecule has 2 aromatic rings. The second-order valence-corrected chi connectivity index (χ2v) is 10.6. The molecule has 3 fully saturated rings. The molecule has 10 heteroatoms. The molecule has 0 bridgehead atoms. The largest absolute Gasteiger partial charge is 0.461 e. The molecule has 0 saturated carbocycles. The topological polar surface area (TPSA) is 117 Å². The van der Waals surface area contributed by atoms with E-state index in [0.29, 0.717) is 13.0 Å². The number of rotatable bonds is 8. The minimum absolute atomic E-state index is 0.0387. The fraction of sp³-hybridized carbons (Fsp3) is 0.571. The number of nitrogens with zero attached hydrogens (tertiary/aromatic N) is 1. The Morgan fingerprint density at radius 1 is 1.11 bits per heavy atom. The summed E-state index contributed by atoms with van der Waals surface area (Å²) in [5, 5.41) is 10.7. The van der Waals surface area contributed by atoms with Gasteiger partial charge in [-0.3, -0.25) is 9.69 Å². The lowest BCUT2D eigenvalue weighted by Crippen LogP contribution is -2.64. The zero-order valence-corrected chi connectivity index (χ0v) is 21.7. The minimum Gasteiger partial charge on any atom is -0.461 e. The van der Waals surface area contributed by atoms with Gasteiger partial charge in [-0.2, -0.15) is 0 Å². The third-order valence-corrected chi connectivity index (χ3v) is 7.25. The summed E-state index contributed by atoms with van der Waals surface area (Å²) in [6.07, 6.45) is 0.486. The van der Waals surface area contributed by atoms with Crippen molar-refractivity contribution in [3.05, 3.63) is 60.1 Å². The van der Waals surface area contributed by atoms with Gasteiger partial charge in [-0.05, 0) is 63.4 Å². The van der Waals surface area contributed by atoms with Crippen LogP contribution in [0.1, 0.15) is 49.2 Å². The van der Waals surface area contributed by atoms with Gasteiger partial charge in [-0.25, -0.2) is 4.79 Å². The number of esters is 2. The van der Waals surface area contributed by atoms with Crippen LogP contribution in [0, 0.1) is 5.92 Å². The van der Waals surface area contributed by atoms with Crippen molar-refractivity contribution >= 4 is 11.9 Å². The van der Waals surface area contributed by atoms with Crippen LogP contribution in [-0.2, 0) is 35.1 Å². The van der Waals surface area contributed by atoms with E-state index >= 15 is 0 Å². The van der Waals surface area contributed by atoms with Gasteiger partial charge >= 0.3 is 11.9 Å². The molecule has 1 N–H and O–H groups in total. The number of carbonyl (C=O) groups excluding carboxylic acids is 2. The van der Waals surface area contributed by atoms with Crippen LogP contribution >= 0.6 is 0 Å². The minimum atomic E-state index is -1.22. The summed E-state index contributed by atoms with van der Waals surface area (Å²) in [7, 11) is 0. The van der Waals surface area contributed by atoms with E-state index in [1.54, 1.807) is 19.9 Å². The molecule has 0 amide bonds. The van der Waals surface area contributed by atoms with Gasteiger partial charge in [0.15, 0.2) is 18.0 Å². The molecule has 3 aliphatic heterocycles. The molecule has 10 nitrogen and oxygen atoms in total. The van der Waals surface area contributed by atoms with Crippen LogP contribution in [0.4, 0.5) is 0 Å². The third kappa shape index (κ3) is 6.10. The lowest BCUT2D eigenvalue weighted by atomic mass is 9.91. The molecule has 1 aromatic carbocycles. The Labute approximate surface area is 221 Å². The second kappa shape index (κ2) is 11.2. The van der Waals surface area contributed by atoms with Crippen LogP contribution in [0.5, 0.6) is 0 Å². The van der Waals surface area contributed by atoms with Crippen molar-refractivity contribution in [3.8, 4) is 0 Å². The van der Waals surface area contributed by atoms with Crippen LogP contribution in [0.3, 0.4) is 0 Å². The lowest BCUT2D eigenvalue weighted by Gasteiger charge is -2.45. The van der Waals surface area contributed by atoms with Gasteiger partial charge in [0, 0.05) is 6.42 Å². The number of carbonyl (C=O) groups is 2. The highest BCUT2D eigenvalue weighted by Gasteiger charge is 2.63. The number of fused-ring (bicyclic) bond motifs is 1. The fourth-order valence-electron chi connectivity index (χ4n) is 5.42. The Morgan fingerprint density at radius 3 is 2.58 bits per heavy atom. The van der Waals surface area contributed by atoms with Crippen LogP contribution in [-0.4, -0.2) is 78.1 Å². The summed E-state index contributed by atoms with van der Waals surface area (Å²) in [6.45, 7) is 5.58. The number of aliphatic hydroxyl groups excluding tert-OH is 1. The van der Waals surface area contributed by atoms with E-state index < -0.39 is 35.9 Å².